The van der Waals surface area contributed by atoms with E-state index in [1.54, 1.807) is 7.05 Å². The van der Waals surface area contributed by atoms with Gasteiger partial charge in [0.1, 0.15) is 5.69 Å². The number of carbonyl (C=O) groups is 1. The third-order valence-electron chi connectivity index (χ3n) is 3.04. The number of aromatic amines is 1. The fourth-order valence-corrected chi connectivity index (χ4v) is 1.95. The molecule has 5 heteroatoms. The molecule has 0 radical (unpaired) electrons. The van der Waals surface area contributed by atoms with E-state index in [9.17, 15) is 9.59 Å². The Hall–Kier alpha value is -1.52. The summed E-state index contributed by atoms with van der Waals surface area (Å²) in [6, 6.07) is 0. The van der Waals surface area contributed by atoms with Crippen molar-refractivity contribution < 1.29 is 9.53 Å². The largest absolute Gasteiger partial charge is 0.464 e. The Morgan fingerprint density at radius 3 is 2.67 bits per heavy atom. The zero-order chi connectivity index (χ0) is 11.0. The summed E-state index contributed by atoms with van der Waals surface area (Å²) in [7, 11) is 3.00. The zero-order valence-electron chi connectivity index (χ0n) is 8.87. The maximum Gasteiger partial charge on any atom is 0.356 e. The molecule has 0 amide bonds. The molecule has 5 nitrogen and oxygen atoms in total. The summed E-state index contributed by atoms with van der Waals surface area (Å²) in [6.45, 7) is 0. The predicted octanol–water partition coefficient (Wildman–Crippen LogP) is 0.767. The summed E-state index contributed by atoms with van der Waals surface area (Å²) < 4.78 is 6.15. The molecule has 1 aliphatic rings. The summed E-state index contributed by atoms with van der Waals surface area (Å²) in [5, 5.41) is 0. The number of methoxy groups -OCH3 is 1. The van der Waals surface area contributed by atoms with Gasteiger partial charge in [-0.1, -0.05) is 6.42 Å². The van der Waals surface area contributed by atoms with Crippen LogP contribution in [0.25, 0.3) is 0 Å². The van der Waals surface area contributed by atoms with Crippen LogP contribution in [0.3, 0.4) is 0 Å². The molecule has 0 bridgehead atoms. The van der Waals surface area contributed by atoms with Crippen LogP contribution in [0, 0.1) is 0 Å². The predicted molar refractivity (Wildman–Crippen MR) is 54.0 cm³/mol. The number of esters is 1. The molecule has 0 spiro atoms. The molecule has 1 N–H and O–H groups in total. The van der Waals surface area contributed by atoms with Crippen molar-refractivity contribution in [3.63, 3.8) is 0 Å². The molecular weight excluding hydrogens is 196 g/mol. The van der Waals surface area contributed by atoms with Crippen LogP contribution in [-0.2, 0) is 11.8 Å². The lowest BCUT2D eigenvalue weighted by molar-refractivity contribution is 0.0591. The van der Waals surface area contributed by atoms with Gasteiger partial charge >= 0.3 is 11.7 Å². The Kier molecular flexibility index (Phi) is 2.38. The van der Waals surface area contributed by atoms with Crippen LogP contribution in [0.5, 0.6) is 0 Å². The first-order valence-electron chi connectivity index (χ1n) is 5.02. The van der Waals surface area contributed by atoms with Crippen molar-refractivity contribution in [2.75, 3.05) is 7.11 Å². The van der Waals surface area contributed by atoms with Crippen LogP contribution in [0.2, 0.25) is 0 Å². The summed E-state index contributed by atoms with van der Waals surface area (Å²) in [4.78, 5) is 25.4. The smallest absolute Gasteiger partial charge is 0.356 e. The first kappa shape index (κ1) is 10.0. The van der Waals surface area contributed by atoms with E-state index in [-0.39, 0.29) is 5.69 Å². The molecular formula is C10H14N2O3. The Bertz CT molecular complexity index is 440. The van der Waals surface area contributed by atoms with Gasteiger partial charge in [-0.3, -0.25) is 9.55 Å². The number of imidazole rings is 1. The lowest BCUT2D eigenvalue weighted by atomic mass is 9.82. The highest BCUT2D eigenvalue weighted by molar-refractivity contribution is 5.88. The molecule has 0 unspecified atom stereocenters. The number of nitrogens with one attached hydrogen (secondary N) is 1. The number of nitrogens with zero attached hydrogens (tertiary/aromatic N) is 1. The Morgan fingerprint density at radius 2 is 2.20 bits per heavy atom. The molecule has 0 aliphatic heterocycles. The number of carbonyl (C=O) groups excluding carboxylic acids is 1. The number of hydrogen-bond acceptors (Lipinski definition) is 3. The van der Waals surface area contributed by atoms with Gasteiger partial charge in [0.15, 0.2) is 0 Å². The fourth-order valence-electron chi connectivity index (χ4n) is 1.95. The minimum atomic E-state index is -0.463. The van der Waals surface area contributed by atoms with Gasteiger partial charge < -0.3 is 4.74 Å². The number of aromatic nitrogens is 2. The highest BCUT2D eigenvalue weighted by Crippen LogP contribution is 2.37. The van der Waals surface area contributed by atoms with Crippen molar-refractivity contribution in [1.82, 2.24) is 9.55 Å². The van der Waals surface area contributed by atoms with E-state index in [0.717, 1.165) is 25.0 Å². The second-order valence-corrected chi connectivity index (χ2v) is 3.87. The Balaban J connectivity index is 2.48. The van der Waals surface area contributed by atoms with E-state index in [1.807, 2.05) is 0 Å². The lowest BCUT2D eigenvalue weighted by Gasteiger charge is -2.26. The first-order valence-corrected chi connectivity index (χ1v) is 5.02. The maximum absolute atomic E-state index is 11.4. The molecule has 1 aliphatic carbocycles. The molecule has 15 heavy (non-hydrogen) atoms. The third-order valence-corrected chi connectivity index (χ3v) is 3.04. The molecule has 0 saturated heterocycles. The normalized spacial score (nSPS) is 16.1. The topological polar surface area (TPSA) is 64.1 Å². The second-order valence-electron chi connectivity index (χ2n) is 3.87. The van der Waals surface area contributed by atoms with Crippen molar-refractivity contribution in [3.8, 4) is 0 Å². The molecule has 1 saturated carbocycles. The summed E-state index contributed by atoms with van der Waals surface area (Å²) >= 11 is 0. The van der Waals surface area contributed by atoms with E-state index in [2.05, 4.69) is 9.72 Å². The van der Waals surface area contributed by atoms with Crippen LogP contribution in [-0.4, -0.2) is 22.6 Å². The number of ether oxygens (including phenoxy) is 1. The highest BCUT2D eigenvalue weighted by Gasteiger charge is 2.29. The SMILES string of the molecule is COC(=O)c1[nH]c(=O)n(C)c1C1CCC1. The molecule has 1 aromatic rings. The van der Waals surface area contributed by atoms with Crippen LogP contribution in [0.4, 0.5) is 0 Å². The highest BCUT2D eigenvalue weighted by atomic mass is 16.5. The number of H-pyrrole nitrogens is 1. The first-order chi connectivity index (χ1) is 7.15. The van der Waals surface area contributed by atoms with Gasteiger partial charge in [-0.15, -0.1) is 0 Å². The number of hydrogen-bond donors (Lipinski definition) is 1. The minimum absolute atomic E-state index is 0.252. The van der Waals surface area contributed by atoms with Crippen LogP contribution in [0.1, 0.15) is 41.4 Å². The average molecular weight is 210 g/mol. The molecule has 0 atom stereocenters. The van der Waals surface area contributed by atoms with E-state index >= 15 is 0 Å². The molecule has 1 fully saturated rings. The van der Waals surface area contributed by atoms with E-state index < -0.39 is 5.97 Å². The molecule has 0 aromatic carbocycles. The van der Waals surface area contributed by atoms with Crippen molar-refractivity contribution in [2.45, 2.75) is 25.2 Å². The Morgan fingerprint density at radius 1 is 1.53 bits per heavy atom. The standard InChI is InChI=1S/C10H14N2O3/c1-12-8(6-4-3-5-6)7(9(13)15-2)11-10(12)14/h6H,3-5H2,1-2H3,(H,11,14). The number of rotatable bonds is 2. The van der Waals surface area contributed by atoms with Gasteiger partial charge in [0.2, 0.25) is 0 Å². The van der Waals surface area contributed by atoms with E-state index in [0.29, 0.717) is 11.6 Å². The maximum atomic E-state index is 11.4. The summed E-state index contributed by atoms with van der Waals surface area (Å²) in [6.07, 6.45) is 3.23. The Labute approximate surface area is 87.1 Å². The van der Waals surface area contributed by atoms with Crippen LogP contribution in [0.15, 0.2) is 4.79 Å². The van der Waals surface area contributed by atoms with Gasteiger partial charge in [0.05, 0.1) is 12.8 Å². The summed E-state index contributed by atoms with van der Waals surface area (Å²) in [5.74, 6) is -0.141. The van der Waals surface area contributed by atoms with Crippen molar-refractivity contribution >= 4 is 5.97 Å². The minimum Gasteiger partial charge on any atom is -0.464 e. The summed E-state index contributed by atoms with van der Waals surface area (Å²) in [5.41, 5.74) is 0.852. The lowest BCUT2D eigenvalue weighted by Crippen LogP contribution is -2.20. The zero-order valence-corrected chi connectivity index (χ0v) is 8.87. The van der Waals surface area contributed by atoms with Gasteiger partial charge in [-0.25, -0.2) is 9.59 Å². The van der Waals surface area contributed by atoms with Gasteiger partial charge in [0.25, 0.3) is 0 Å². The third kappa shape index (κ3) is 1.48. The van der Waals surface area contributed by atoms with Gasteiger partial charge in [0, 0.05) is 13.0 Å². The monoisotopic (exact) mass is 210 g/mol. The molecule has 1 aromatic heterocycles. The average Bonchev–Trinajstić information content (AvgIpc) is 2.43. The molecule has 1 heterocycles. The molecule has 82 valence electrons. The van der Waals surface area contributed by atoms with Crippen LogP contribution >= 0.6 is 0 Å². The van der Waals surface area contributed by atoms with Crippen molar-refractivity contribution in [2.24, 2.45) is 7.05 Å². The molecule has 2 rings (SSSR count). The van der Waals surface area contributed by atoms with Gasteiger partial charge in [-0.2, -0.15) is 0 Å². The van der Waals surface area contributed by atoms with Gasteiger partial charge in [-0.05, 0) is 12.8 Å². The van der Waals surface area contributed by atoms with Crippen molar-refractivity contribution in [3.05, 3.63) is 21.9 Å². The second kappa shape index (κ2) is 3.56. The van der Waals surface area contributed by atoms with E-state index in [4.69, 9.17) is 0 Å². The fraction of sp³-hybridized carbons (Fsp3) is 0.600. The van der Waals surface area contributed by atoms with Crippen molar-refractivity contribution in [1.29, 1.82) is 0 Å². The van der Waals surface area contributed by atoms with E-state index in [1.165, 1.54) is 11.7 Å². The quantitative estimate of drug-likeness (QED) is 0.733. The van der Waals surface area contributed by atoms with Crippen LogP contribution < -0.4 is 5.69 Å².